The topological polar surface area (TPSA) is 105 Å². The van der Waals surface area contributed by atoms with Gasteiger partial charge in [0.25, 0.3) is 0 Å². The zero-order valence-corrected chi connectivity index (χ0v) is 18.4. The summed E-state index contributed by atoms with van der Waals surface area (Å²) >= 11 is 0. The molecule has 1 aromatic rings. The summed E-state index contributed by atoms with van der Waals surface area (Å²) in [6.07, 6.45) is 3.91. The number of fused-ring (bicyclic) bond motifs is 1. The first-order valence-corrected chi connectivity index (χ1v) is 9.43. The van der Waals surface area contributed by atoms with E-state index >= 15 is 0 Å². The molecule has 1 unspecified atom stereocenters. The molecule has 3 N–H and O–H groups in total. The van der Waals surface area contributed by atoms with Gasteiger partial charge in [-0.05, 0) is 26.2 Å². The maximum Gasteiger partial charge on any atom is 0.223 e. The number of rotatable bonds is 8. The van der Waals surface area contributed by atoms with Crippen LogP contribution in [0.5, 0.6) is 0 Å². The van der Waals surface area contributed by atoms with E-state index in [1.807, 2.05) is 11.6 Å². The van der Waals surface area contributed by atoms with E-state index in [9.17, 15) is 4.79 Å². The molecule has 0 spiro atoms. The van der Waals surface area contributed by atoms with Crippen molar-refractivity contribution < 1.29 is 9.53 Å². The van der Waals surface area contributed by atoms with Crippen molar-refractivity contribution in [2.45, 2.75) is 51.8 Å². The lowest BCUT2D eigenvalue weighted by Gasteiger charge is -2.25. The summed E-state index contributed by atoms with van der Waals surface area (Å²) in [7, 11) is 1.65. The van der Waals surface area contributed by atoms with Crippen molar-refractivity contribution in [3.8, 4) is 0 Å². The van der Waals surface area contributed by atoms with Gasteiger partial charge in [-0.1, -0.05) is 0 Å². The largest absolute Gasteiger partial charge is 0.377 e. The molecule has 152 valence electrons. The number of aliphatic imine (C=N–C) groups is 1. The number of halogens is 1. The van der Waals surface area contributed by atoms with Crippen LogP contribution in [-0.4, -0.2) is 59.4 Å². The lowest BCUT2D eigenvalue weighted by atomic mass is 10.1. The Morgan fingerprint density at radius 2 is 2.15 bits per heavy atom. The standard InChI is InChI=1S/C17H29N7O2.HI/c1-3-18-17(20-9-8-19-16(25)12-4-5-12)21-13-6-7-15-22-14(11-26-2)23-24(15)10-13;/h12-13H,3-11H2,1-2H3,(H,19,25)(H2,18,20,21);1H. The van der Waals surface area contributed by atoms with Gasteiger partial charge < -0.3 is 20.7 Å². The third-order valence-corrected chi connectivity index (χ3v) is 4.49. The predicted octanol–water partition coefficient (Wildman–Crippen LogP) is 0.439. The van der Waals surface area contributed by atoms with Crippen molar-refractivity contribution in [1.29, 1.82) is 0 Å². The molecule has 1 atom stereocenters. The second-order valence-corrected chi connectivity index (χ2v) is 6.77. The molecule has 9 nitrogen and oxygen atoms in total. The van der Waals surface area contributed by atoms with Crippen molar-refractivity contribution in [2.24, 2.45) is 10.9 Å². The van der Waals surface area contributed by atoms with Gasteiger partial charge in [0, 0.05) is 38.6 Å². The number of ether oxygens (including phenoxy) is 1. The minimum atomic E-state index is 0. The van der Waals surface area contributed by atoms with Crippen LogP contribution in [0.4, 0.5) is 0 Å². The minimum absolute atomic E-state index is 0. The fraction of sp³-hybridized carbons (Fsp3) is 0.765. The summed E-state index contributed by atoms with van der Waals surface area (Å²) in [4.78, 5) is 20.7. The molecule has 0 bridgehead atoms. The molecular weight excluding hydrogens is 461 g/mol. The first-order valence-electron chi connectivity index (χ1n) is 9.43. The number of amides is 1. The predicted molar refractivity (Wildman–Crippen MR) is 113 cm³/mol. The Morgan fingerprint density at radius 3 is 2.85 bits per heavy atom. The van der Waals surface area contributed by atoms with E-state index in [4.69, 9.17) is 4.74 Å². The Morgan fingerprint density at radius 1 is 1.33 bits per heavy atom. The van der Waals surface area contributed by atoms with Crippen LogP contribution in [-0.2, 0) is 29.1 Å². The lowest BCUT2D eigenvalue weighted by Crippen LogP contribution is -2.47. The normalized spacial score (nSPS) is 19.0. The van der Waals surface area contributed by atoms with Gasteiger partial charge in [-0.3, -0.25) is 9.79 Å². The molecule has 1 aromatic heterocycles. The zero-order chi connectivity index (χ0) is 18.4. The summed E-state index contributed by atoms with van der Waals surface area (Å²) in [5.74, 6) is 2.93. The summed E-state index contributed by atoms with van der Waals surface area (Å²) in [5.41, 5.74) is 0. The summed E-state index contributed by atoms with van der Waals surface area (Å²) < 4.78 is 7.06. The molecule has 2 aliphatic rings. The van der Waals surface area contributed by atoms with Crippen LogP contribution < -0.4 is 16.0 Å². The van der Waals surface area contributed by atoms with Crippen molar-refractivity contribution in [3.05, 3.63) is 11.6 Å². The van der Waals surface area contributed by atoms with Gasteiger partial charge in [-0.2, -0.15) is 5.10 Å². The second kappa shape index (κ2) is 10.8. The van der Waals surface area contributed by atoms with Crippen LogP contribution in [0.3, 0.4) is 0 Å². The zero-order valence-electron chi connectivity index (χ0n) is 16.0. The van der Waals surface area contributed by atoms with E-state index in [1.165, 1.54) is 0 Å². The van der Waals surface area contributed by atoms with Crippen LogP contribution in [0, 0.1) is 5.92 Å². The maximum atomic E-state index is 11.6. The number of hydrogen-bond acceptors (Lipinski definition) is 5. The van der Waals surface area contributed by atoms with E-state index in [-0.39, 0.29) is 41.8 Å². The molecule has 1 amide bonds. The molecule has 0 saturated heterocycles. The number of carbonyl (C=O) groups excluding carboxylic acids is 1. The smallest absolute Gasteiger partial charge is 0.223 e. The van der Waals surface area contributed by atoms with Gasteiger partial charge in [-0.15, -0.1) is 24.0 Å². The molecule has 0 aromatic carbocycles. The van der Waals surface area contributed by atoms with Gasteiger partial charge in [0.05, 0.1) is 13.1 Å². The van der Waals surface area contributed by atoms with Gasteiger partial charge in [0.2, 0.25) is 5.91 Å². The van der Waals surface area contributed by atoms with Crippen LogP contribution in [0.25, 0.3) is 0 Å². The van der Waals surface area contributed by atoms with E-state index in [0.29, 0.717) is 19.7 Å². The highest BCUT2D eigenvalue weighted by Crippen LogP contribution is 2.28. The van der Waals surface area contributed by atoms with Crippen LogP contribution in [0.15, 0.2) is 4.99 Å². The molecule has 1 aliphatic heterocycles. The van der Waals surface area contributed by atoms with Crippen molar-refractivity contribution in [3.63, 3.8) is 0 Å². The monoisotopic (exact) mass is 491 g/mol. The maximum absolute atomic E-state index is 11.6. The summed E-state index contributed by atoms with van der Waals surface area (Å²) in [6.45, 7) is 5.17. The van der Waals surface area contributed by atoms with Crippen molar-refractivity contribution >= 4 is 35.8 Å². The lowest BCUT2D eigenvalue weighted by molar-refractivity contribution is -0.122. The highest BCUT2D eigenvalue weighted by atomic mass is 127. The second-order valence-electron chi connectivity index (χ2n) is 6.77. The molecule has 0 radical (unpaired) electrons. The van der Waals surface area contributed by atoms with Crippen LogP contribution >= 0.6 is 24.0 Å². The Balaban J connectivity index is 0.00000261. The number of guanidine groups is 1. The number of nitrogens with one attached hydrogen (secondary N) is 3. The molecule has 27 heavy (non-hydrogen) atoms. The number of nitrogens with zero attached hydrogens (tertiary/aromatic N) is 4. The molecule has 1 saturated carbocycles. The van der Waals surface area contributed by atoms with Crippen LogP contribution in [0.2, 0.25) is 0 Å². The summed E-state index contributed by atoms with van der Waals surface area (Å²) in [6, 6.07) is 0.249. The quantitative estimate of drug-likeness (QED) is 0.211. The van der Waals surface area contributed by atoms with Gasteiger partial charge >= 0.3 is 0 Å². The van der Waals surface area contributed by atoms with Gasteiger partial charge in [0.15, 0.2) is 11.8 Å². The molecule has 1 aliphatic carbocycles. The Kier molecular flexibility index (Phi) is 8.74. The molecule has 2 heterocycles. The fourth-order valence-corrected chi connectivity index (χ4v) is 3.02. The Labute approximate surface area is 177 Å². The van der Waals surface area contributed by atoms with Gasteiger partial charge in [-0.25, -0.2) is 9.67 Å². The van der Waals surface area contributed by atoms with E-state index in [2.05, 4.69) is 31.0 Å². The summed E-state index contributed by atoms with van der Waals surface area (Å²) in [5, 5.41) is 14.2. The van der Waals surface area contributed by atoms with Gasteiger partial charge in [0.1, 0.15) is 12.4 Å². The van der Waals surface area contributed by atoms with E-state index in [0.717, 1.165) is 56.4 Å². The Bertz CT molecular complexity index is 645. The van der Waals surface area contributed by atoms with Crippen LogP contribution in [0.1, 0.15) is 37.8 Å². The number of aromatic nitrogens is 3. The SMILES string of the molecule is CCNC(=NCCNC(=O)C1CC1)NC1CCc2nc(COC)nn2C1.I. The number of carbonyl (C=O) groups is 1. The number of aryl methyl sites for hydroxylation is 1. The van der Waals surface area contributed by atoms with Crippen molar-refractivity contribution in [2.75, 3.05) is 26.7 Å². The van der Waals surface area contributed by atoms with E-state index < -0.39 is 0 Å². The molecule has 1 fully saturated rings. The molecular formula is C17H30IN7O2. The van der Waals surface area contributed by atoms with Crippen molar-refractivity contribution in [1.82, 2.24) is 30.7 Å². The third kappa shape index (κ3) is 6.59. The first kappa shape index (κ1) is 21.9. The third-order valence-electron chi connectivity index (χ3n) is 4.49. The molecule has 3 rings (SSSR count). The molecule has 10 heteroatoms. The first-order chi connectivity index (χ1) is 12.7. The number of hydrogen-bond donors (Lipinski definition) is 3. The number of methoxy groups -OCH3 is 1. The Hall–Kier alpha value is -1.43. The highest BCUT2D eigenvalue weighted by Gasteiger charge is 2.29. The average Bonchev–Trinajstić information content (AvgIpc) is 3.40. The minimum Gasteiger partial charge on any atom is -0.377 e. The fourth-order valence-electron chi connectivity index (χ4n) is 3.02. The average molecular weight is 491 g/mol. The highest BCUT2D eigenvalue weighted by molar-refractivity contribution is 14.0. The van der Waals surface area contributed by atoms with E-state index in [1.54, 1.807) is 7.11 Å².